The minimum Gasteiger partial charge on any atom is -0.497 e. The van der Waals surface area contributed by atoms with Crippen molar-refractivity contribution in [2.24, 2.45) is 4.99 Å². The third kappa shape index (κ3) is 6.53. The van der Waals surface area contributed by atoms with Crippen LogP contribution in [-0.2, 0) is 20.8 Å². The van der Waals surface area contributed by atoms with Gasteiger partial charge < -0.3 is 18.8 Å². The summed E-state index contributed by atoms with van der Waals surface area (Å²) in [6.45, 7) is 4.58. The first kappa shape index (κ1) is 33.5. The third-order valence-corrected chi connectivity index (χ3v) is 9.71. The normalized spacial score (nSPS) is 14.3. The fraction of sp³-hybridized carbons (Fsp3) is 0.171. The van der Waals surface area contributed by atoms with E-state index in [2.05, 4.69) is 4.57 Å². The molecule has 51 heavy (non-hydrogen) atoms. The first-order valence-electron chi connectivity index (χ1n) is 16.7. The Labute approximate surface area is 298 Å². The number of fused-ring (bicyclic) bond motifs is 2. The number of carbonyl (C=O) groups is 2. The van der Waals surface area contributed by atoms with Gasteiger partial charge in [0, 0.05) is 34.8 Å². The van der Waals surface area contributed by atoms with E-state index >= 15 is 0 Å². The van der Waals surface area contributed by atoms with Crippen LogP contribution in [0.5, 0.6) is 5.75 Å². The molecule has 7 rings (SSSR count). The van der Waals surface area contributed by atoms with E-state index < -0.39 is 12.0 Å². The maximum Gasteiger partial charge on any atom is 0.338 e. The monoisotopic (exact) mass is 697 g/mol. The lowest BCUT2D eigenvalue weighted by Gasteiger charge is -2.26. The molecule has 4 aromatic carbocycles. The first-order chi connectivity index (χ1) is 24.9. The molecule has 0 unspecified atom stereocenters. The fourth-order valence-electron chi connectivity index (χ4n) is 6.36. The van der Waals surface area contributed by atoms with Crippen molar-refractivity contribution in [2.75, 3.05) is 20.3 Å². The molecule has 0 N–H and O–H groups in total. The van der Waals surface area contributed by atoms with Crippen molar-refractivity contribution in [3.8, 4) is 5.75 Å². The molecule has 256 valence electrons. The van der Waals surface area contributed by atoms with Crippen LogP contribution >= 0.6 is 11.3 Å². The molecule has 1 aliphatic heterocycles. The lowest BCUT2D eigenvalue weighted by atomic mass is 9.93. The van der Waals surface area contributed by atoms with Gasteiger partial charge in [-0.2, -0.15) is 0 Å². The number of benzene rings is 4. The summed E-state index contributed by atoms with van der Waals surface area (Å²) in [4.78, 5) is 45.9. The van der Waals surface area contributed by atoms with Crippen LogP contribution in [0.3, 0.4) is 0 Å². The van der Waals surface area contributed by atoms with Gasteiger partial charge in [-0.15, -0.1) is 0 Å². The highest BCUT2D eigenvalue weighted by Crippen LogP contribution is 2.36. The van der Waals surface area contributed by atoms with E-state index in [1.54, 1.807) is 37.7 Å². The van der Waals surface area contributed by atoms with E-state index in [0.717, 1.165) is 33.2 Å². The van der Waals surface area contributed by atoms with Crippen LogP contribution in [-0.4, -0.2) is 41.4 Å². The number of carbonyl (C=O) groups excluding carboxylic acids is 2. The second-order valence-corrected chi connectivity index (χ2v) is 12.9. The van der Waals surface area contributed by atoms with Crippen molar-refractivity contribution in [1.82, 2.24) is 9.13 Å². The van der Waals surface area contributed by atoms with Crippen LogP contribution in [0.2, 0.25) is 0 Å². The molecule has 1 atom stereocenters. The number of rotatable bonds is 10. The van der Waals surface area contributed by atoms with Gasteiger partial charge in [-0.05, 0) is 61.4 Å². The fourth-order valence-corrected chi connectivity index (χ4v) is 7.35. The molecular weight excluding hydrogens is 663 g/mol. The summed E-state index contributed by atoms with van der Waals surface area (Å²) in [5, 5.41) is 0.982. The smallest absolute Gasteiger partial charge is 0.338 e. The number of nitrogens with zero attached hydrogens (tertiary/aromatic N) is 3. The quantitative estimate of drug-likeness (QED) is 0.160. The largest absolute Gasteiger partial charge is 0.497 e. The number of methoxy groups -OCH3 is 1. The predicted molar refractivity (Wildman–Crippen MR) is 197 cm³/mol. The maximum atomic E-state index is 14.5. The Bertz CT molecular complexity index is 2460. The van der Waals surface area contributed by atoms with E-state index in [9.17, 15) is 14.4 Å². The van der Waals surface area contributed by atoms with E-state index in [1.807, 2.05) is 103 Å². The topological polar surface area (TPSA) is 101 Å². The minimum atomic E-state index is -0.789. The molecule has 6 aromatic rings. The Hall–Kier alpha value is -6.00. The Balaban J connectivity index is 1.37. The zero-order valence-electron chi connectivity index (χ0n) is 28.4. The second-order valence-electron chi connectivity index (χ2n) is 11.9. The highest BCUT2D eigenvalue weighted by atomic mass is 32.1. The lowest BCUT2D eigenvalue weighted by molar-refractivity contribution is -0.138. The van der Waals surface area contributed by atoms with E-state index in [-0.39, 0.29) is 23.7 Å². The van der Waals surface area contributed by atoms with Crippen molar-refractivity contribution in [2.45, 2.75) is 26.4 Å². The van der Waals surface area contributed by atoms with Gasteiger partial charge in [0.1, 0.15) is 5.75 Å². The molecule has 1 aliphatic rings. The van der Waals surface area contributed by atoms with Gasteiger partial charge in [-0.1, -0.05) is 84.1 Å². The standard InChI is InChI=1S/C41H35N3O6S/c1-4-49-39(46)29-17-15-26(16-18-29)24-43-25-30(32-13-9-10-14-33(32)43)23-34-38(45)44-37(28-19-21-31(48-3)22-20-28)35(40(47)50-5-2)36(42-41(44)51-34)27-11-7-6-8-12-27/h6-23,25,37H,4-5,24H2,1-3H3/b34-23-/t37-/m0/s1. The number of hydrogen-bond donors (Lipinski definition) is 0. The van der Waals surface area contributed by atoms with Gasteiger partial charge in [-0.25, -0.2) is 14.6 Å². The van der Waals surface area contributed by atoms with Gasteiger partial charge in [0.2, 0.25) is 0 Å². The molecule has 0 amide bonds. The Kier molecular flexibility index (Phi) is 9.50. The van der Waals surface area contributed by atoms with Crippen LogP contribution in [0, 0.1) is 0 Å². The Morgan fingerprint density at radius 3 is 2.24 bits per heavy atom. The molecule has 0 spiro atoms. The van der Waals surface area contributed by atoms with Gasteiger partial charge in [-0.3, -0.25) is 9.36 Å². The molecule has 9 nitrogen and oxygen atoms in total. The summed E-state index contributed by atoms with van der Waals surface area (Å²) >= 11 is 1.28. The van der Waals surface area contributed by atoms with Crippen LogP contribution in [0.15, 0.2) is 125 Å². The summed E-state index contributed by atoms with van der Waals surface area (Å²) in [5.74, 6) is -0.227. The molecular formula is C41H35N3O6S. The molecule has 0 fully saturated rings. The Morgan fingerprint density at radius 1 is 0.843 bits per heavy atom. The van der Waals surface area contributed by atoms with Crippen LogP contribution in [0.1, 0.15) is 52.5 Å². The zero-order valence-corrected chi connectivity index (χ0v) is 29.2. The number of ether oxygens (including phenoxy) is 3. The third-order valence-electron chi connectivity index (χ3n) is 8.73. The molecule has 3 heterocycles. The minimum absolute atomic E-state index is 0.170. The molecule has 0 saturated carbocycles. The molecule has 0 bridgehead atoms. The van der Waals surface area contributed by atoms with Crippen molar-refractivity contribution >= 4 is 46.0 Å². The molecule has 0 aliphatic carbocycles. The Morgan fingerprint density at radius 2 is 1.53 bits per heavy atom. The van der Waals surface area contributed by atoms with Crippen LogP contribution in [0.25, 0.3) is 22.7 Å². The zero-order chi connectivity index (χ0) is 35.5. The van der Waals surface area contributed by atoms with Gasteiger partial charge >= 0.3 is 11.9 Å². The number of aromatic nitrogens is 2. The SMILES string of the molecule is CCOC(=O)C1=C(c2ccccc2)N=c2s/c(=C\c3cn(Cc4ccc(C(=O)OCC)cc4)c4ccccc34)c(=O)n2[C@H]1c1ccc(OC)cc1. The highest BCUT2D eigenvalue weighted by molar-refractivity contribution is 7.07. The summed E-state index contributed by atoms with van der Waals surface area (Å²) in [5.41, 5.74) is 5.34. The van der Waals surface area contributed by atoms with Crippen LogP contribution < -0.4 is 19.6 Å². The van der Waals surface area contributed by atoms with Gasteiger partial charge in [0.05, 0.1) is 47.7 Å². The van der Waals surface area contributed by atoms with Crippen LogP contribution in [0.4, 0.5) is 0 Å². The maximum absolute atomic E-state index is 14.5. The van der Waals surface area contributed by atoms with Crippen molar-refractivity contribution in [1.29, 1.82) is 0 Å². The molecule has 10 heteroatoms. The molecule has 0 radical (unpaired) electrons. The molecule has 0 saturated heterocycles. The summed E-state index contributed by atoms with van der Waals surface area (Å²) in [6.07, 6.45) is 3.93. The van der Waals surface area contributed by atoms with Gasteiger partial charge in [0.15, 0.2) is 4.80 Å². The van der Waals surface area contributed by atoms with Crippen molar-refractivity contribution in [3.63, 3.8) is 0 Å². The van der Waals surface area contributed by atoms with Crippen molar-refractivity contribution < 1.29 is 23.8 Å². The van der Waals surface area contributed by atoms with E-state index in [0.29, 0.717) is 39.5 Å². The molecule has 2 aromatic heterocycles. The average Bonchev–Trinajstić information content (AvgIpc) is 3.67. The van der Waals surface area contributed by atoms with E-state index in [1.165, 1.54) is 11.3 Å². The number of esters is 2. The lowest BCUT2D eigenvalue weighted by Crippen LogP contribution is -2.40. The highest BCUT2D eigenvalue weighted by Gasteiger charge is 2.35. The first-order valence-corrected chi connectivity index (χ1v) is 17.5. The average molecular weight is 698 g/mol. The summed E-state index contributed by atoms with van der Waals surface area (Å²) in [6, 6.07) is 31.5. The van der Waals surface area contributed by atoms with E-state index in [4.69, 9.17) is 19.2 Å². The summed E-state index contributed by atoms with van der Waals surface area (Å²) in [7, 11) is 1.59. The summed E-state index contributed by atoms with van der Waals surface area (Å²) < 4.78 is 20.3. The predicted octanol–water partition coefficient (Wildman–Crippen LogP) is 6.12. The second kappa shape index (κ2) is 14.5. The number of thiazole rings is 1. The number of para-hydroxylation sites is 1. The number of hydrogen-bond acceptors (Lipinski definition) is 8. The van der Waals surface area contributed by atoms with Crippen molar-refractivity contribution in [3.05, 3.63) is 162 Å². The van der Waals surface area contributed by atoms with Gasteiger partial charge in [0.25, 0.3) is 5.56 Å².